The highest BCUT2D eigenvalue weighted by molar-refractivity contribution is 5.67. The zero-order valence-corrected chi connectivity index (χ0v) is 16.0. The summed E-state index contributed by atoms with van der Waals surface area (Å²) in [6.45, 7) is 3.70. The van der Waals surface area contributed by atoms with E-state index in [1.54, 1.807) is 0 Å². The Labute approximate surface area is 166 Å². The van der Waals surface area contributed by atoms with Crippen LogP contribution in [-0.2, 0) is 0 Å². The molecule has 0 bridgehead atoms. The molecule has 29 heavy (non-hydrogen) atoms. The molecule has 3 rings (SSSR count). The van der Waals surface area contributed by atoms with E-state index in [0.717, 1.165) is 11.6 Å². The van der Waals surface area contributed by atoms with Crippen LogP contribution in [-0.4, -0.2) is 27.7 Å². The van der Waals surface area contributed by atoms with E-state index in [-0.39, 0.29) is 30.3 Å². The molecule has 0 aliphatic heterocycles. The molecule has 152 valence electrons. The molecule has 5 nitrogen and oxygen atoms in total. The van der Waals surface area contributed by atoms with Crippen LogP contribution in [0.2, 0.25) is 0 Å². The number of aliphatic hydroxyl groups is 1. The van der Waals surface area contributed by atoms with Crippen LogP contribution < -0.4 is 10.6 Å². The van der Waals surface area contributed by atoms with Gasteiger partial charge in [0.2, 0.25) is 5.95 Å². The average Bonchev–Trinajstić information content (AvgIpc) is 2.72. The molecular weight excluding hydrogens is 381 g/mol. The predicted octanol–water partition coefficient (Wildman–Crippen LogP) is 4.73. The summed E-state index contributed by atoms with van der Waals surface area (Å²) >= 11 is 0. The van der Waals surface area contributed by atoms with Crippen LogP contribution in [0.3, 0.4) is 0 Å². The van der Waals surface area contributed by atoms with Crippen molar-refractivity contribution in [3.63, 3.8) is 0 Å². The number of aromatic nitrogens is 2. The highest BCUT2D eigenvalue weighted by atomic mass is 19.2. The van der Waals surface area contributed by atoms with Gasteiger partial charge in [0.15, 0.2) is 11.6 Å². The van der Waals surface area contributed by atoms with Gasteiger partial charge in [-0.15, -0.1) is 0 Å². The fraction of sp³-hybridized carbons (Fsp3) is 0.238. The highest BCUT2D eigenvalue weighted by Gasteiger charge is 2.18. The van der Waals surface area contributed by atoms with E-state index >= 15 is 0 Å². The lowest BCUT2D eigenvalue weighted by atomic mass is 10.1. The molecule has 1 heterocycles. The summed E-state index contributed by atoms with van der Waals surface area (Å²) in [5.74, 6) is -3.14. The smallest absolute Gasteiger partial charge is 0.225 e. The van der Waals surface area contributed by atoms with Gasteiger partial charge in [0.25, 0.3) is 0 Å². The van der Waals surface area contributed by atoms with Crippen LogP contribution >= 0.6 is 0 Å². The van der Waals surface area contributed by atoms with Crippen molar-refractivity contribution in [2.75, 3.05) is 17.2 Å². The largest absolute Gasteiger partial charge is 0.394 e. The Balaban J connectivity index is 2.04. The minimum absolute atomic E-state index is 0.0743. The number of rotatable bonds is 7. The lowest BCUT2D eigenvalue weighted by molar-refractivity contribution is 0.248. The maximum absolute atomic E-state index is 14.1. The summed E-state index contributed by atoms with van der Waals surface area (Å²) in [5.41, 5.74) is 0.603. The van der Waals surface area contributed by atoms with Crippen LogP contribution in [0.5, 0.6) is 0 Å². The molecular formula is C21H21F3N4O. The number of halogens is 3. The second kappa shape index (κ2) is 8.91. The molecule has 8 heteroatoms. The Kier molecular flexibility index (Phi) is 6.33. The van der Waals surface area contributed by atoms with Gasteiger partial charge in [0.05, 0.1) is 18.3 Å². The van der Waals surface area contributed by atoms with Gasteiger partial charge >= 0.3 is 0 Å². The molecule has 3 N–H and O–H groups in total. The standard InChI is InChI=1S/C21H21F3N4O/c1-12(2)17(11-29)26-21-25-16(13-6-4-3-5-7-13)10-18(28-21)27-20-15(23)9-8-14(22)19(20)24/h3-10,12,17,29H,11H2,1-2H3,(H2,25,26,27,28)/t17-/m0/s1. The Bertz CT molecular complexity index is 983. The molecule has 0 radical (unpaired) electrons. The molecule has 1 atom stereocenters. The number of nitrogens with zero attached hydrogens (tertiary/aromatic N) is 2. The van der Waals surface area contributed by atoms with E-state index in [1.165, 1.54) is 6.07 Å². The van der Waals surface area contributed by atoms with Gasteiger partial charge in [0.1, 0.15) is 17.3 Å². The third-order valence-electron chi connectivity index (χ3n) is 4.41. The van der Waals surface area contributed by atoms with Crippen LogP contribution in [0, 0.1) is 23.4 Å². The second-order valence-electron chi connectivity index (χ2n) is 6.85. The highest BCUT2D eigenvalue weighted by Crippen LogP contribution is 2.28. The van der Waals surface area contributed by atoms with E-state index in [9.17, 15) is 18.3 Å². The molecule has 0 spiro atoms. The second-order valence-corrected chi connectivity index (χ2v) is 6.85. The third-order valence-corrected chi connectivity index (χ3v) is 4.41. The van der Waals surface area contributed by atoms with Crippen molar-refractivity contribution in [2.45, 2.75) is 19.9 Å². The summed E-state index contributed by atoms with van der Waals surface area (Å²) in [4.78, 5) is 8.68. The summed E-state index contributed by atoms with van der Waals surface area (Å²) in [6.07, 6.45) is 0. The van der Waals surface area contributed by atoms with E-state index in [0.29, 0.717) is 11.8 Å². The van der Waals surface area contributed by atoms with E-state index in [1.807, 2.05) is 44.2 Å². The van der Waals surface area contributed by atoms with Crippen LogP contribution in [0.15, 0.2) is 48.5 Å². The molecule has 0 amide bonds. The van der Waals surface area contributed by atoms with Gasteiger partial charge < -0.3 is 15.7 Å². The van der Waals surface area contributed by atoms with Crippen LogP contribution in [0.1, 0.15) is 13.8 Å². The first kappa shape index (κ1) is 20.6. The van der Waals surface area contributed by atoms with Crippen LogP contribution in [0.25, 0.3) is 11.3 Å². The monoisotopic (exact) mass is 402 g/mol. The summed E-state index contributed by atoms with van der Waals surface area (Å²) in [5, 5.41) is 15.1. The average molecular weight is 402 g/mol. The quantitative estimate of drug-likeness (QED) is 0.499. The van der Waals surface area contributed by atoms with Crippen molar-refractivity contribution in [1.82, 2.24) is 9.97 Å². The zero-order valence-electron chi connectivity index (χ0n) is 16.0. The van der Waals surface area contributed by atoms with Crippen molar-refractivity contribution in [3.05, 3.63) is 66.0 Å². The minimum Gasteiger partial charge on any atom is -0.394 e. The first-order valence-electron chi connectivity index (χ1n) is 9.11. The number of aliphatic hydroxyl groups excluding tert-OH is 1. The van der Waals surface area contributed by atoms with Crippen molar-refractivity contribution < 1.29 is 18.3 Å². The van der Waals surface area contributed by atoms with Crippen molar-refractivity contribution in [3.8, 4) is 11.3 Å². The topological polar surface area (TPSA) is 70.1 Å². The Morgan fingerprint density at radius 2 is 1.66 bits per heavy atom. The van der Waals surface area contributed by atoms with Crippen molar-refractivity contribution in [1.29, 1.82) is 0 Å². The lowest BCUT2D eigenvalue weighted by Crippen LogP contribution is -2.30. The Hall–Kier alpha value is -3.13. The minimum atomic E-state index is -1.34. The van der Waals surface area contributed by atoms with Gasteiger partial charge in [-0.3, -0.25) is 0 Å². The number of hydrogen-bond donors (Lipinski definition) is 3. The molecule has 1 aromatic heterocycles. The maximum Gasteiger partial charge on any atom is 0.225 e. The van der Waals surface area contributed by atoms with Gasteiger partial charge in [0, 0.05) is 11.6 Å². The first-order valence-corrected chi connectivity index (χ1v) is 9.11. The molecule has 0 saturated heterocycles. The maximum atomic E-state index is 14.1. The summed E-state index contributed by atoms with van der Waals surface area (Å²) < 4.78 is 41.7. The Morgan fingerprint density at radius 3 is 2.31 bits per heavy atom. The zero-order chi connectivity index (χ0) is 21.0. The molecule has 3 aromatic rings. The summed E-state index contributed by atoms with van der Waals surface area (Å²) in [6, 6.07) is 11.9. The van der Waals surface area contributed by atoms with Gasteiger partial charge in [-0.05, 0) is 18.1 Å². The number of nitrogens with one attached hydrogen (secondary N) is 2. The fourth-order valence-electron chi connectivity index (χ4n) is 2.69. The fourth-order valence-corrected chi connectivity index (χ4v) is 2.69. The molecule has 0 saturated carbocycles. The van der Waals surface area contributed by atoms with E-state index in [4.69, 9.17) is 0 Å². The number of anilines is 3. The molecule has 0 aliphatic carbocycles. The first-order chi connectivity index (χ1) is 13.9. The molecule has 0 fully saturated rings. The SMILES string of the molecule is CC(C)[C@H](CO)Nc1nc(Nc2c(F)ccc(F)c2F)cc(-c2ccccc2)n1. The number of hydrogen-bond acceptors (Lipinski definition) is 5. The molecule has 0 aliphatic rings. The predicted molar refractivity (Wildman–Crippen MR) is 106 cm³/mol. The molecule has 2 aromatic carbocycles. The van der Waals surface area contributed by atoms with E-state index in [2.05, 4.69) is 20.6 Å². The Morgan fingerprint density at radius 1 is 0.966 bits per heavy atom. The third kappa shape index (κ3) is 4.83. The normalized spacial score (nSPS) is 12.1. The van der Waals surface area contributed by atoms with Gasteiger partial charge in [-0.2, -0.15) is 4.98 Å². The van der Waals surface area contributed by atoms with Gasteiger partial charge in [-0.1, -0.05) is 44.2 Å². The molecule has 0 unspecified atom stereocenters. The van der Waals surface area contributed by atoms with Crippen LogP contribution in [0.4, 0.5) is 30.6 Å². The van der Waals surface area contributed by atoms with Crippen molar-refractivity contribution in [2.24, 2.45) is 5.92 Å². The summed E-state index contributed by atoms with van der Waals surface area (Å²) in [7, 11) is 0. The van der Waals surface area contributed by atoms with Gasteiger partial charge in [-0.25, -0.2) is 18.2 Å². The lowest BCUT2D eigenvalue weighted by Gasteiger charge is -2.21. The van der Waals surface area contributed by atoms with E-state index < -0.39 is 23.1 Å². The van der Waals surface area contributed by atoms with Crippen molar-refractivity contribution >= 4 is 17.5 Å². The number of benzene rings is 2.